The van der Waals surface area contributed by atoms with Gasteiger partial charge in [-0.3, -0.25) is 18.7 Å². The second kappa shape index (κ2) is 12.0. The molecular formula is C20H29IN6O2S. The second-order valence-corrected chi connectivity index (χ2v) is 8.43. The average molecular weight is 544 g/mol. The van der Waals surface area contributed by atoms with Crippen molar-refractivity contribution in [2.24, 2.45) is 12.0 Å². The molecule has 1 unspecified atom stereocenters. The molecule has 1 aliphatic rings. The number of rotatable bonds is 7. The number of carbonyl (C=O) groups is 1. The molecule has 0 bridgehead atoms. The number of nitrogens with zero attached hydrogens (tertiary/aromatic N) is 5. The van der Waals surface area contributed by atoms with Crippen molar-refractivity contribution in [1.29, 1.82) is 0 Å². The summed E-state index contributed by atoms with van der Waals surface area (Å²) in [5.74, 6) is 1.74. The van der Waals surface area contributed by atoms with Crippen molar-refractivity contribution in [2.45, 2.75) is 12.7 Å². The Morgan fingerprint density at radius 3 is 2.67 bits per heavy atom. The molecule has 10 heteroatoms. The maximum Gasteiger partial charge on any atom is 0.246 e. The molecular weight excluding hydrogens is 515 g/mol. The van der Waals surface area contributed by atoms with Crippen LogP contribution in [0.25, 0.3) is 0 Å². The standard InChI is InChI=1S/C20H28N6O2S.HI/c1-3-21-20(22-9-12-29(28)16-17-7-5-4-6-8-17)25-10-11-26(19(27)15-25)18-13-23-24(2)14-18;/h4-8,13-14H,3,9-12,15-16H2,1-2H3,(H,21,22);1H. The molecule has 1 atom stereocenters. The number of guanidine groups is 1. The zero-order chi connectivity index (χ0) is 20.6. The van der Waals surface area contributed by atoms with Crippen LogP contribution in [0.4, 0.5) is 5.69 Å². The van der Waals surface area contributed by atoms with Gasteiger partial charge in [-0.1, -0.05) is 30.3 Å². The van der Waals surface area contributed by atoms with Crippen molar-refractivity contribution in [2.75, 3.05) is 43.4 Å². The molecule has 0 saturated carbocycles. The van der Waals surface area contributed by atoms with Gasteiger partial charge >= 0.3 is 0 Å². The molecule has 2 aromatic rings. The molecule has 164 valence electrons. The monoisotopic (exact) mass is 544 g/mol. The van der Waals surface area contributed by atoms with Gasteiger partial charge in [0.2, 0.25) is 5.91 Å². The van der Waals surface area contributed by atoms with Gasteiger partial charge in [-0.25, -0.2) is 0 Å². The van der Waals surface area contributed by atoms with Gasteiger partial charge in [0.05, 0.1) is 18.4 Å². The van der Waals surface area contributed by atoms with Crippen LogP contribution in [0.3, 0.4) is 0 Å². The molecule has 1 amide bonds. The van der Waals surface area contributed by atoms with Crippen molar-refractivity contribution in [3.8, 4) is 0 Å². The van der Waals surface area contributed by atoms with E-state index in [-0.39, 0.29) is 36.4 Å². The van der Waals surface area contributed by atoms with Crippen LogP contribution in [0.1, 0.15) is 12.5 Å². The molecule has 0 spiro atoms. The number of aryl methyl sites for hydroxylation is 1. The molecule has 1 aliphatic heterocycles. The summed E-state index contributed by atoms with van der Waals surface area (Å²) in [6, 6.07) is 9.83. The van der Waals surface area contributed by atoms with E-state index in [1.54, 1.807) is 15.8 Å². The molecule has 8 nitrogen and oxygen atoms in total. The number of piperazine rings is 1. The Bertz CT molecular complexity index is 873. The summed E-state index contributed by atoms with van der Waals surface area (Å²) in [6.45, 7) is 4.68. The zero-order valence-corrected chi connectivity index (χ0v) is 20.5. The molecule has 0 radical (unpaired) electrons. The van der Waals surface area contributed by atoms with E-state index < -0.39 is 10.8 Å². The smallest absolute Gasteiger partial charge is 0.246 e. The third-order valence-corrected chi connectivity index (χ3v) is 5.90. The van der Waals surface area contributed by atoms with Gasteiger partial charge in [0.1, 0.15) is 6.54 Å². The fourth-order valence-corrected chi connectivity index (χ4v) is 4.19. The van der Waals surface area contributed by atoms with E-state index in [2.05, 4.69) is 15.4 Å². The summed E-state index contributed by atoms with van der Waals surface area (Å²) >= 11 is 0. The number of benzene rings is 1. The van der Waals surface area contributed by atoms with Crippen LogP contribution < -0.4 is 10.2 Å². The topological polar surface area (TPSA) is 82.8 Å². The first kappa shape index (κ1) is 24.3. The first-order chi connectivity index (χ1) is 14.1. The molecule has 0 aliphatic carbocycles. The minimum Gasteiger partial charge on any atom is -0.357 e. The van der Waals surface area contributed by atoms with Crippen LogP contribution in [0, 0.1) is 0 Å². The molecule has 1 aromatic carbocycles. The van der Waals surface area contributed by atoms with Crippen LogP contribution in [0.15, 0.2) is 47.7 Å². The molecule has 2 heterocycles. The highest BCUT2D eigenvalue weighted by atomic mass is 127. The molecule has 3 rings (SSSR count). The fraction of sp³-hybridized carbons (Fsp3) is 0.450. The quantitative estimate of drug-likeness (QED) is 0.326. The van der Waals surface area contributed by atoms with Gasteiger partial charge < -0.3 is 15.1 Å². The number of hydrogen-bond acceptors (Lipinski definition) is 4. The largest absolute Gasteiger partial charge is 0.357 e. The maximum absolute atomic E-state index is 12.6. The minimum absolute atomic E-state index is 0. The van der Waals surface area contributed by atoms with Crippen LogP contribution >= 0.6 is 24.0 Å². The van der Waals surface area contributed by atoms with Crippen LogP contribution in [-0.4, -0.2) is 69.2 Å². The summed E-state index contributed by atoms with van der Waals surface area (Å²) in [5.41, 5.74) is 1.88. The SMILES string of the molecule is CCNC(=NCCS(=O)Cc1ccccc1)N1CCN(c2cnn(C)c2)C(=O)C1.I. The van der Waals surface area contributed by atoms with E-state index in [0.717, 1.165) is 11.3 Å². The molecule has 1 fully saturated rings. The van der Waals surface area contributed by atoms with Crippen LogP contribution in [0.2, 0.25) is 0 Å². The highest BCUT2D eigenvalue weighted by molar-refractivity contribution is 14.0. The van der Waals surface area contributed by atoms with Gasteiger partial charge in [-0.05, 0) is 12.5 Å². The normalized spacial score (nSPS) is 15.7. The number of anilines is 1. The number of aromatic nitrogens is 2. The lowest BCUT2D eigenvalue weighted by Crippen LogP contribution is -2.55. The Balaban J connectivity index is 0.00000320. The lowest BCUT2D eigenvalue weighted by atomic mass is 10.2. The Morgan fingerprint density at radius 1 is 1.27 bits per heavy atom. The molecule has 30 heavy (non-hydrogen) atoms. The Morgan fingerprint density at radius 2 is 2.03 bits per heavy atom. The van der Waals surface area contributed by atoms with Gasteiger partial charge in [-0.2, -0.15) is 5.10 Å². The minimum atomic E-state index is -0.969. The zero-order valence-electron chi connectivity index (χ0n) is 17.4. The molecule has 1 aromatic heterocycles. The molecule has 1 saturated heterocycles. The first-order valence-electron chi connectivity index (χ1n) is 9.78. The summed E-state index contributed by atoms with van der Waals surface area (Å²) in [5, 5.41) is 7.39. The van der Waals surface area contributed by atoms with Gasteiger partial charge in [0.15, 0.2) is 5.96 Å². The third kappa shape index (κ3) is 6.79. The number of amides is 1. The van der Waals surface area contributed by atoms with E-state index >= 15 is 0 Å². The van der Waals surface area contributed by atoms with Crippen molar-refractivity contribution in [3.63, 3.8) is 0 Å². The Hall–Kier alpha value is -1.95. The van der Waals surface area contributed by atoms with E-state index in [9.17, 15) is 9.00 Å². The van der Waals surface area contributed by atoms with E-state index in [0.29, 0.717) is 43.6 Å². The summed E-state index contributed by atoms with van der Waals surface area (Å²) in [4.78, 5) is 20.9. The number of aliphatic imine (C=N–C) groups is 1. The second-order valence-electron chi connectivity index (χ2n) is 6.85. The van der Waals surface area contributed by atoms with Gasteiger partial charge in [-0.15, -0.1) is 24.0 Å². The predicted molar refractivity (Wildman–Crippen MR) is 132 cm³/mol. The highest BCUT2D eigenvalue weighted by Crippen LogP contribution is 2.16. The Kier molecular flexibility index (Phi) is 9.76. The number of hydrogen-bond donors (Lipinski definition) is 1. The maximum atomic E-state index is 12.6. The third-order valence-electron chi connectivity index (χ3n) is 4.61. The number of nitrogens with one attached hydrogen (secondary N) is 1. The van der Waals surface area contributed by atoms with Crippen LogP contribution in [0.5, 0.6) is 0 Å². The first-order valence-corrected chi connectivity index (χ1v) is 11.3. The summed E-state index contributed by atoms with van der Waals surface area (Å²) in [6.07, 6.45) is 3.55. The summed E-state index contributed by atoms with van der Waals surface area (Å²) < 4.78 is 14.0. The highest BCUT2D eigenvalue weighted by Gasteiger charge is 2.27. The van der Waals surface area contributed by atoms with E-state index in [1.165, 1.54) is 0 Å². The number of carbonyl (C=O) groups excluding carboxylic acids is 1. The molecule has 1 N–H and O–H groups in total. The lowest BCUT2D eigenvalue weighted by Gasteiger charge is -2.35. The predicted octanol–water partition coefficient (Wildman–Crippen LogP) is 1.60. The Labute approximate surface area is 197 Å². The number of halogens is 1. The van der Waals surface area contributed by atoms with E-state index in [4.69, 9.17) is 0 Å². The van der Waals surface area contributed by atoms with Crippen LogP contribution in [-0.2, 0) is 28.4 Å². The average Bonchev–Trinajstić information content (AvgIpc) is 3.14. The van der Waals surface area contributed by atoms with Crippen molar-refractivity contribution >= 4 is 52.3 Å². The summed E-state index contributed by atoms with van der Waals surface area (Å²) in [7, 11) is 0.866. The fourth-order valence-electron chi connectivity index (χ4n) is 3.19. The van der Waals surface area contributed by atoms with Crippen molar-refractivity contribution in [1.82, 2.24) is 20.0 Å². The lowest BCUT2D eigenvalue weighted by molar-refractivity contribution is -0.120. The van der Waals surface area contributed by atoms with E-state index in [1.807, 2.05) is 55.4 Å². The van der Waals surface area contributed by atoms with Crippen molar-refractivity contribution < 1.29 is 9.00 Å². The van der Waals surface area contributed by atoms with Crippen molar-refractivity contribution in [3.05, 3.63) is 48.3 Å². The van der Waals surface area contributed by atoms with Gasteiger partial charge in [0.25, 0.3) is 0 Å². The van der Waals surface area contributed by atoms with Gasteiger partial charge in [0, 0.05) is 55.2 Å².